The van der Waals surface area contributed by atoms with Crippen LogP contribution in [-0.2, 0) is 16.1 Å². The van der Waals surface area contributed by atoms with Crippen molar-refractivity contribution < 1.29 is 28.2 Å². The maximum absolute atomic E-state index is 11.7. The molecule has 0 spiro atoms. The van der Waals surface area contributed by atoms with Gasteiger partial charge >= 0.3 is 5.97 Å². The smallest absolute Gasteiger partial charge is 0.374 e. The average Bonchev–Trinajstić information content (AvgIpc) is 3.12. The summed E-state index contributed by atoms with van der Waals surface area (Å²) in [6.45, 7) is -0.107. The molecule has 0 saturated heterocycles. The van der Waals surface area contributed by atoms with E-state index in [1.807, 2.05) is 0 Å². The van der Waals surface area contributed by atoms with E-state index in [2.05, 4.69) is 5.32 Å². The molecule has 23 heavy (non-hydrogen) atoms. The number of ether oxygens (including phenoxy) is 3. The van der Waals surface area contributed by atoms with Gasteiger partial charge in [-0.1, -0.05) is 6.07 Å². The normalized spacial score (nSPS) is 10.0. The van der Waals surface area contributed by atoms with Crippen LogP contribution in [0.2, 0.25) is 0 Å². The number of benzene rings is 1. The third kappa shape index (κ3) is 4.50. The van der Waals surface area contributed by atoms with Crippen LogP contribution in [0.5, 0.6) is 11.5 Å². The Hall–Kier alpha value is -2.96. The molecule has 0 fully saturated rings. The predicted molar refractivity (Wildman–Crippen MR) is 80.4 cm³/mol. The van der Waals surface area contributed by atoms with Gasteiger partial charge in [0.25, 0.3) is 5.91 Å². The SMILES string of the molecule is COc1ccc(CNC(=O)COC(=O)c2ccco2)cc1OC. The highest BCUT2D eigenvalue weighted by Gasteiger charge is 2.12. The lowest BCUT2D eigenvalue weighted by atomic mass is 10.2. The number of carbonyl (C=O) groups is 2. The Morgan fingerprint density at radius 2 is 1.91 bits per heavy atom. The minimum Gasteiger partial charge on any atom is -0.493 e. The second-order valence-corrected chi connectivity index (χ2v) is 4.52. The Kier molecular flexibility index (Phi) is 5.62. The number of furan rings is 1. The van der Waals surface area contributed by atoms with Crippen molar-refractivity contribution in [3.63, 3.8) is 0 Å². The minimum absolute atomic E-state index is 0.0534. The van der Waals surface area contributed by atoms with Gasteiger partial charge in [0.05, 0.1) is 20.5 Å². The molecule has 2 rings (SSSR count). The average molecular weight is 319 g/mol. The van der Waals surface area contributed by atoms with Gasteiger partial charge in [0.2, 0.25) is 5.76 Å². The lowest BCUT2D eigenvalue weighted by Gasteiger charge is -2.10. The molecule has 7 nitrogen and oxygen atoms in total. The Morgan fingerprint density at radius 3 is 2.57 bits per heavy atom. The summed E-state index contributed by atoms with van der Waals surface area (Å²) in [7, 11) is 3.08. The zero-order valence-electron chi connectivity index (χ0n) is 12.8. The van der Waals surface area contributed by atoms with Crippen LogP contribution >= 0.6 is 0 Å². The van der Waals surface area contributed by atoms with Crippen molar-refractivity contribution in [2.24, 2.45) is 0 Å². The van der Waals surface area contributed by atoms with E-state index in [0.717, 1.165) is 5.56 Å². The van der Waals surface area contributed by atoms with Crippen molar-refractivity contribution >= 4 is 11.9 Å². The molecular weight excluding hydrogens is 302 g/mol. The Labute approximate surface area is 133 Å². The van der Waals surface area contributed by atoms with E-state index in [1.54, 1.807) is 31.4 Å². The number of amides is 1. The first kappa shape index (κ1) is 16.4. The van der Waals surface area contributed by atoms with E-state index in [-0.39, 0.29) is 18.9 Å². The van der Waals surface area contributed by atoms with E-state index < -0.39 is 11.9 Å². The molecule has 0 saturated carbocycles. The van der Waals surface area contributed by atoms with Crippen molar-refractivity contribution in [1.29, 1.82) is 0 Å². The number of hydrogen-bond acceptors (Lipinski definition) is 6. The van der Waals surface area contributed by atoms with Crippen LogP contribution in [0, 0.1) is 0 Å². The summed E-state index contributed by atoms with van der Waals surface area (Å²) in [4.78, 5) is 23.2. The molecule has 1 amide bonds. The summed E-state index contributed by atoms with van der Waals surface area (Å²) >= 11 is 0. The molecule has 0 bridgehead atoms. The topological polar surface area (TPSA) is 87.0 Å². The van der Waals surface area contributed by atoms with Crippen LogP contribution in [0.15, 0.2) is 41.0 Å². The van der Waals surface area contributed by atoms with Crippen molar-refractivity contribution in [3.8, 4) is 11.5 Å². The van der Waals surface area contributed by atoms with Crippen molar-refractivity contribution in [2.75, 3.05) is 20.8 Å². The largest absolute Gasteiger partial charge is 0.493 e. The van der Waals surface area contributed by atoms with Crippen LogP contribution in [0.4, 0.5) is 0 Å². The molecule has 2 aromatic rings. The zero-order valence-corrected chi connectivity index (χ0v) is 12.8. The number of rotatable bonds is 7. The van der Waals surface area contributed by atoms with Gasteiger partial charge < -0.3 is 23.9 Å². The highest BCUT2D eigenvalue weighted by molar-refractivity contribution is 5.88. The molecule has 0 aliphatic heterocycles. The minimum atomic E-state index is -0.684. The molecule has 0 aliphatic rings. The van der Waals surface area contributed by atoms with Gasteiger partial charge in [-0.3, -0.25) is 4.79 Å². The van der Waals surface area contributed by atoms with Gasteiger partial charge in [-0.25, -0.2) is 4.79 Å². The Bertz CT molecular complexity index is 665. The summed E-state index contributed by atoms with van der Waals surface area (Å²) in [6, 6.07) is 8.33. The maximum atomic E-state index is 11.7. The molecular formula is C16H17NO6. The second kappa shape index (κ2) is 7.88. The zero-order chi connectivity index (χ0) is 16.7. The number of hydrogen-bond donors (Lipinski definition) is 1. The molecule has 1 N–H and O–H groups in total. The summed E-state index contributed by atoms with van der Waals surface area (Å²) in [6.07, 6.45) is 1.35. The van der Waals surface area contributed by atoms with Crippen LogP contribution in [0.1, 0.15) is 16.1 Å². The fourth-order valence-corrected chi connectivity index (χ4v) is 1.84. The third-order valence-corrected chi connectivity index (χ3v) is 2.99. The molecule has 1 aromatic carbocycles. The molecule has 7 heteroatoms. The summed E-state index contributed by atoms with van der Waals surface area (Å²) in [5.74, 6) is 0.132. The number of methoxy groups -OCH3 is 2. The van der Waals surface area contributed by atoms with E-state index in [1.165, 1.54) is 19.4 Å². The van der Waals surface area contributed by atoms with Crippen molar-refractivity contribution in [1.82, 2.24) is 5.32 Å². The van der Waals surface area contributed by atoms with Gasteiger partial charge in [-0.05, 0) is 29.8 Å². The third-order valence-electron chi connectivity index (χ3n) is 2.99. The lowest BCUT2D eigenvalue weighted by molar-refractivity contribution is -0.124. The summed E-state index contributed by atoms with van der Waals surface area (Å²) in [5, 5.41) is 2.65. The second-order valence-electron chi connectivity index (χ2n) is 4.52. The van der Waals surface area contributed by atoms with E-state index >= 15 is 0 Å². The van der Waals surface area contributed by atoms with E-state index in [0.29, 0.717) is 11.5 Å². The number of nitrogens with one attached hydrogen (secondary N) is 1. The fourth-order valence-electron chi connectivity index (χ4n) is 1.84. The molecule has 0 unspecified atom stereocenters. The van der Waals surface area contributed by atoms with E-state index in [9.17, 15) is 9.59 Å². The first-order valence-electron chi connectivity index (χ1n) is 6.82. The van der Waals surface area contributed by atoms with Crippen LogP contribution in [0.25, 0.3) is 0 Å². The van der Waals surface area contributed by atoms with Gasteiger partial charge in [0, 0.05) is 6.54 Å². The Morgan fingerprint density at radius 1 is 1.13 bits per heavy atom. The fraction of sp³-hybridized carbons (Fsp3) is 0.250. The van der Waals surface area contributed by atoms with Crippen LogP contribution in [0.3, 0.4) is 0 Å². The molecule has 0 atom stereocenters. The molecule has 1 heterocycles. The monoisotopic (exact) mass is 319 g/mol. The first-order valence-corrected chi connectivity index (χ1v) is 6.82. The molecule has 1 aromatic heterocycles. The van der Waals surface area contributed by atoms with E-state index in [4.69, 9.17) is 18.6 Å². The number of carbonyl (C=O) groups excluding carboxylic acids is 2. The van der Waals surface area contributed by atoms with Gasteiger partial charge in [-0.15, -0.1) is 0 Å². The van der Waals surface area contributed by atoms with Crippen LogP contribution < -0.4 is 14.8 Å². The van der Waals surface area contributed by atoms with Gasteiger partial charge in [0.1, 0.15) is 0 Å². The highest BCUT2D eigenvalue weighted by Crippen LogP contribution is 2.27. The van der Waals surface area contributed by atoms with Gasteiger partial charge in [0.15, 0.2) is 18.1 Å². The molecule has 0 radical (unpaired) electrons. The molecule has 122 valence electrons. The Balaban J connectivity index is 1.81. The molecule has 0 aliphatic carbocycles. The quantitative estimate of drug-likeness (QED) is 0.783. The lowest BCUT2D eigenvalue weighted by Crippen LogP contribution is -2.28. The maximum Gasteiger partial charge on any atom is 0.374 e. The summed E-state index contributed by atoms with van der Waals surface area (Å²) in [5.41, 5.74) is 0.827. The summed E-state index contributed by atoms with van der Waals surface area (Å²) < 4.78 is 20.0. The number of esters is 1. The van der Waals surface area contributed by atoms with Gasteiger partial charge in [-0.2, -0.15) is 0 Å². The first-order chi connectivity index (χ1) is 11.1. The standard InChI is InChI=1S/C16H17NO6/c1-20-12-6-5-11(8-14(12)21-2)9-17-15(18)10-23-16(19)13-4-3-7-22-13/h3-8H,9-10H2,1-2H3,(H,17,18). The predicted octanol–water partition coefficient (Wildman–Crippen LogP) is 1.77. The van der Waals surface area contributed by atoms with Crippen molar-refractivity contribution in [3.05, 3.63) is 47.9 Å². The van der Waals surface area contributed by atoms with Crippen molar-refractivity contribution in [2.45, 2.75) is 6.54 Å². The van der Waals surface area contributed by atoms with Crippen LogP contribution in [-0.4, -0.2) is 32.7 Å². The highest BCUT2D eigenvalue weighted by atomic mass is 16.5.